The van der Waals surface area contributed by atoms with Crippen molar-refractivity contribution in [3.8, 4) is 0 Å². The quantitative estimate of drug-likeness (QED) is 0.579. The molecule has 4 heteroatoms. The minimum Gasteiger partial charge on any atom is -0.453 e. The first-order valence-electron chi connectivity index (χ1n) is 4.68. The summed E-state index contributed by atoms with van der Waals surface area (Å²) < 4.78 is 9.82. The van der Waals surface area contributed by atoms with Crippen molar-refractivity contribution in [1.29, 1.82) is 0 Å². The van der Waals surface area contributed by atoms with Crippen molar-refractivity contribution < 1.29 is 14.3 Å². The molecule has 1 heterocycles. The van der Waals surface area contributed by atoms with Crippen LogP contribution in [0.3, 0.4) is 0 Å². The van der Waals surface area contributed by atoms with Gasteiger partial charge in [-0.25, -0.2) is 4.79 Å². The second-order valence-corrected chi connectivity index (χ2v) is 2.60. The lowest BCUT2D eigenvalue weighted by molar-refractivity contribution is -0.0149. The number of hydrogen-bond donors (Lipinski definition) is 0. The molecule has 1 rings (SSSR count). The van der Waals surface area contributed by atoms with Crippen molar-refractivity contribution in [2.24, 2.45) is 0 Å². The van der Waals surface area contributed by atoms with Gasteiger partial charge in [-0.05, 0) is 6.92 Å². The molecule has 0 aromatic rings. The van der Waals surface area contributed by atoms with Gasteiger partial charge in [-0.3, -0.25) is 0 Å². The Morgan fingerprint density at radius 2 is 2.15 bits per heavy atom. The summed E-state index contributed by atoms with van der Waals surface area (Å²) in [5.41, 5.74) is 0. The summed E-state index contributed by atoms with van der Waals surface area (Å²) in [5, 5.41) is 0. The Morgan fingerprint density at radius 1 is 1.54 bits per heavy atom. The van der Waals surface area contributed by atoms with E-state index in [2.05, 4.69) is 4.74 Å². The predicted molar refractivity (Wildman–Crippen MR) is 50.7 cm³/mol. The Kier molecular flexibility index (Phi) is 6.32. The number of carbonyl (C=O) groups is 1. The molecule has 0 bridgehead atoms. The molecule has 0 aliphatic carbocycles. The average Bonchev–Trinajstić information content (AvgIpc) is 2.20. The smallest absolute Gasteiger partial charge is 0.409 e. The summed E-state index contributed by atoms with van der Waals surface area (Å²) in [7, 11) is 1.39. The Morgan fingerprint density at radius 3 is 2.62 bits per heavy atom. The first-order valence-corrected chi connectivity index (χ1v) is 4.68. The van der Waals surface area contributed by atoms with E-state index in [1.165, 1.54) is 7.11 Å². The van der Waals surface area contributed by atoms with Gasteiger partial charge in [-0.2, -0.15) is 0 Å². The van der Waals surface area contributed by atoms with E-state index in [0.29, 0.717) is 19.7 Å². The Bertz CT molecular complexity index is 150. The third-order valence-electron chi connectivity index (χ3n) is 1.67. The van der Waals surface area contributed by atoms with E-state index in [4.69, 9.17) is 4.74 Å². The molecule has 0 radical (unpaired) electrons. The third-order valence-corrected chi connectivity index (χ3v) is 1.67. The van der Waals surface area contributed by atoms with Crippen LogP contribution in [0.5, 0.6) is 0 Å². The SMILES string of the molecule is CC.COC(=O)N1CCOC(C)C1. The average molecular weight is 189 g/mol. The highest BCUT2D eigenvalue weighted by molar-refractivity contribution is 5.67. The fourth-order valence-electron chi connectivity index (χ4n) is 1.11. The van der Waals surface area contributed by atoms with Crippen LogP contribution in [-0.2, 0) is 9.47 Å². The van der Waals surface area contributed by atoms with Gasteiger partial charge in [-0.1, -0.05) is 13.8 Å². The van der Waals surface area contributed by atoms with Crippen molar-refractivity contribution in [3.05, 3.63) is 0 Å². The maximum absolute atomic E-state index is 11.0. The molecule has 1 aliphatic heterocycles. The number of ether oxygens (including phenoxy) is 2. The van der Waals surface area contributed by atoms with Crippen molar-refractivity contribution in [2.75, 3.05) is 26.8 Å². The first-order chi connectivity index (χ1) is 6.24. The molecule has 1 atom stereocenters. The van der Waals surface area contributed by atoms with E-state index in [0.717, 1.165) is 0 Å². The number of nitrogens with zero attached hydrogens (tertiary/aromatic N) is 1. The number of rotatable bonds is 0. The highest BCUT2D eigenvalue weighted by atomic mass is 16.5. The van der Waals surface area contributed by atoms with Gasteiger partial charge in [0, 0.05) is 6.54 Å². The molecule has 4 nitrogen and oxygen atoms in total. The molecule has 0 aromatic carbocycles. The zero-order chi connectivity index (χ0) is 10.3. The van der Waals surface area contributed by atoms with Crippen LogP contribution in [0.4, 0.5) is 4.79 Å². The molecule has 1 fully saturated rings. The molecule has 78 valence electrons. The fraction of sp³-hybridized carbons (Fsp3) is 0.889. The minimum atomic E-state index is -0.264. The zero-order valence-electron chi connectivity index (χ0n) is 8.87. The number of morpholine rings is 1. The van der Waals surface area contributed by atoms with Crippen LogP contribution in [0, 0.1) is 0 Å². The van der Waals surface area contributed by atoms with E-state index in [9.17, 15) is 4.79 Å². The van der Waals surface area contributed by atoms with E-state index in [1.54, 1.807) is 4.90 Å². The topological polar surface area (TPSA) is 38.8 Å². The molecular formula is C9H19NO3. The van der Waals surface area contributed by atoms with Gasteiger partial charge in [-0.15, -0.1) is 0 Å². The molecule has 0 N–H and O–H groups in total. The Labute approximate surface area is 79.8 Å². The van der Waals surface area contributed by atoms with Crippen LogP contribution >= 0.6 is 0 Å². The second kappa shape index (κ2) is 6.71. The lowest BCUT2D eigenvalue weighted by atomic mass is 10.3. The molecular weight excluding hydrogens is 170 g/mol. The zero-order valence-corrected chi connectivity index (χ0v) is 8.87. The maximum atomic E-state index is 11.0. The van der Waals surface area contributed by atoms with Crippen LogP contribution in [0.1, 0.15) is 20.8 Å². The summed E-state index contributed by atoms with van der Waals surface area (Å²) in [4.78, 5) is 12.6. The first kappa shape index (κ1) is 12.2. The summed E-state index contributed by atoms with van der Waals surface area (Å²) >= 11 is 0. The van der Waals surface area contributed by atoms with Gasteiger partial charge >= 0.3 is 6.09 Å². The number of amides is 1. The number of carbonyl (C=O) groups excluding carboxylic acids is 1. The summed E-state index contributed by atoms with van der Waals surface area (Å²) in [6, 6.07) is 0. The minimum absolute atomic E-state index is 0.128. The van der Waals surface area contributed by atoms with Gasteiger partial charge in [0.15, 0.2) is 0 Å². The van der Waals surface area contributed by atoms with Crippen molar-refractivity contribution in [3.63, 3.8) is 0 Å². The molecule has 1 amide bonds. The molecule has 1 aliphatic rings. The largest absolute Gasteiger partial charge is 0.453 e. The summed E-state index contributed by atoms with van der Waals surface area (Å²) in [5.74, 6) is 0. The van der Waals surface area contributed by atoms with Crippen LogP contribution in [0.2, 0.25) is 0 Å². The van der Waals surface area contributed by atoms with Gasteiger partial charge in [0.1, 0.15) is 0 Å². The molecule has 1 saturated heterocycles. The highest BCUT2D eigenvalue weighted by Gasteiger charge is 2.21. The van der Waals surface area contributed by atoms with Gasteiger partial charge in [0.05, 0.1) is 26.4 Å². The van der Waals surface area contributed by atoms with E-state index in [-0.39, 0.29) is 12.2 Å². The van der Waals surface area contributed by atoms with Gasteiger partial charge in [0.25, 0.3) is 0 Å². The lowest BCUT2D eigenvalue weighted by Gasteiger charge is -2.29. The van der Waals surface area contributed by atoms with Crippen LogP contribution in [-0.4, -0.2) is 43.9 Å². The van der Waals surface area contributed by atoms with Crippen molar-refractivity contribution >= 4 is 6.09 Å². The van der Waals surface area contributed by atoms with E-state index in [1.807, 2.05) is 20.8 Å². The Balaban J connectivity index is 0.000000671. The monoisotopic (exact) mass is 189 g/mol. The normalized spacial score (nSPS) is 21.5. The number of hydrogen-bond acceptors (Lipinski definition) is 3. The molecule has 0 saturated carbocycles. The van der Waals surface area contributed by atoms with Crippen LogP contribution in [0.25, 0.3) is 0 Å². The molecule has 13 heavy (non-hydrogen) atoms. The molecule has 1 unspecified atom stereocenters. The third kappa shape index (κ3) is 4.12. The fourth-order valence-corrected chi connectivity index (χ4v) is 1.11. The standard InChI is InChI=1S/C7H13NO3.C2H6/c1-6-5-8(3-4-11-6)7(9)10-2;1-2/h6H,3-5H2,1-2H3;1-2H3. The predicted octanol–water partition coefficient (Wildman–Crippen LogP) is 1.50. The summed E-state index contributed by atoms with van der Waals surface area (Å²) in [6.45, 7) is 7.81. The second-order valence-electron chi connectivity index (χ2n) is 2.60. The van der Waals surface area contributed by atoms with E-state index >= 15 is 0 Å². The van der Waals surface area contributed by atoms with E-state index < -0.39 is 0 Å². The lowest BCUT2D eigenvalue weighted by Crippen LogP contribution is -2.44. The highest BCUT2D eigenvalue weighted by Crippen LogP contribution is 2.04. The van der Waals surface area contributed by atoms with Gasteiger partial charge in [0.2, 0.25) is 0 Å². The summed E-state index contributed by atoms with van der Waals surface area (Å²) in [6.07, 6.45) is -0.136. The van der Waals surface area contributed by atoms with Gasteiger partial charge < -0.3 is 14.4 Å². The molecule has 0 spiro atoms. The van der Waals surface area contributed by atoms with Crippen molar-refractivity contribution in [2.45, 2.75) is 26.9 Å². The van der Waals surface area contributed by atoms with Crippen LogP contribution < -0.4 is 0 Å². The van der Waals surface area contributed by atoms with Crippen molar-refractivity contribution in [1.82, 2.24) is 4.90 Å². The van der Waals surface area contributed by atoms with Crippen LogP contribution in [0.15, 0.2) is 0 Å². The maximum Gasteiger partial charge on any atom is 0.409 e. The molecule has 0 aromatic heterocycles. The number of methoxy groups -OCH3 is 1. The Hall–Kier alpha value is -0.770.